The molecule has 3 amide bonds. The number of hydrogen-bond acceptors (Lipinski definition) is 5. The van der Waals surface area contributed by atoms with Gasteiger partial charge in [0, 0.05) is 31.8 Å². The van der Waals surface area contributed by atoms with Crippen LogP contribution in [0.25, 0.3) is 0 Å². The van der Waals surface area contributed by atoms with Crippen molar-refractivity contribution in [2.75, 3.05) is 19.7 Å². The molecule has 1 heterocycles. The second kappa shape index (κ2) is 11.1. The molecule has 0 spiro atoms. The predicted octanol–water partition coefficient (Wildman–Crippen LogP) is 2.24. The van der Waals surface area contributed by atoms with Gasteiger partial charge in [-0.15, -0.1) is 0 Å². The Morgan fingerprint density at radius 2 is 1.69 bits per heavy atom. The molecular formula is C24H28N4O4. The zero-order chi connectivity index (χ0) is 22.9. The van der Waals surface area contributed by atoms with Crippen molar-refractivity contribution < 1.29 is 19.1 Å². The number of esters is 1. The molecule has 3 rings (SSSR count). The summed E-state index contributed by atoms with van der Waals surface area (Å²) in [5, 5.41) is 5.60. The van der Waals surface area contributed by atoms with E-state index in [9.17, 15) is 14.4 Å². The van der Waals surface area contributed by atoms with Crippen molar-refractivity contribution in [1.82, 2.24) is 15.5 Å². The van der Waals surface area contributed by atoms with Gasteiger partial charge < -0.3 is 21.1 Å². The van der Waals surface area contributed by atoms with Gasteiger partial charge in [0.05, 0.1) is 18.2 Å². The smallest absolute Gasteiger partial charge is 0.338 e. The maximum Gasteiger partial charge on any atom is 0.338 e. The summed E-state index contributed by atoms with van der Waals surface area (Å²) in [6, 6.07) is 18.0. The Morgan fingerprint density at radius 1 is 1.03 bits per heavy atom. The minimum absolute atomic E-state index is 0.156. The molecule has 8 heteroatoms. The highest BCUT2D eigenvalue weighted by Gasteiger charge is 2.34. The van der Waals surface area contributed by atoms with Crippen LogP contribution in [0.5, 0.6) is 0 Å². The van der Waals surface area contributed by atoms with Crippen LogP contribution in [0.4, 0.5) is 4.79 Å². The van der Waals surface area contributed by atoms with Crippen LogP contribution in [0.2, 0.25) is 0 Å². The van der Waals surface area contributed by atoms with Gasteiger partial charge in [-0.05, 0) is 18.1 Å². The van der Waals surface area contributed by atoms with E-state index in [0.29, 0.717) is 24.4 Å². The second-order valence-electron chi connectivity index (χ2n) is 7.47. The molecule has 0 aliphatic carbocycles. The van der Waals surface area contributed by atoms with Crippen molar-refractivity contribution in [3.8, 4) is 0 Å². The number of benzene rings is 2. The van der Waals surface area contributed by atoms with Gasteiger partial charge in [0.1, 0.15) is 0 Å². The summed E-state index contributed by atoms with van der Waals surface area (Å²) < 4.78 is 5.32. The summed E-state index contributed by atoms with van der Waals surface area (Å²) in [4.78, 5) is 38.8. The monoisotopic (exact) mass is 436 g/mol. The average Bonchev–Trinajstić information content (AvgIpc) is 2.78. The molecule has 0 saturated carbocycles. The molecule has 0 radical (unpaired) electrons. The van der Waals surface area contributed by atoms with Crippen LogP contribution >= 0.6 is 0 Å². The summed E-state index contributed by atoms with van der Waals surface area (Å²) >= 11 is 0. The fraction of sp³-hybridized carbons (Fsp3) is 0.292. The summed E-state index contributed by atoms with van der Waals surface area (Å²) in [6.45, 7) is 3.09. The van der Waals surface area contributed by atoms with Gasteiger partial charge in [-0.3, -0.25) is 9.69 Å². The van der Waals surface area contributed by atoms with Gasteiger partial charge in [-0.1, -0.05) is 60.7 Å². The second-order valence-corrected chi connectivity index (χ2v) is 7.47. The van der Waals surface area contributed by atoms with Crippen LogP contribution in [0.3, 0.4) is 0 Å². The lowest BCUT2D eigenvalue weighted by Crippen LogP contribution is -2.48. The Hall–Kier alpha value is -3.65. The number of primary amides is 1. The third kappa shape index (κ3) is 6.18. The fourth-order valence-corrected chi connectivity index (χ4v) is 3.64. The third-order valence-corrected chi connectivity index (χ3v) is 5.09. The fourth-order valence-electron chi connectivity index (χ4n) is 3.64. The SMILES string of the molecule is CCOC(=O)C1=C(CN(CCC(N)=O)Cc2ccccc2)NC(=O)NC1c1ccccc1. The normalized spacial score (nSPS) is 15.8. The number of amides is 3. The summed E-state index contributed by atoms with van der Waals surface area (Å²) in [7, 11) is 0. The van der Waals surface area contributed by atoms with E-state index in [1.165, 1.54) is 0 Å². The Balaban J connectivity index is 1.97. The minimum atomic E-state index is -0.645. The van der Waals surface area contributed by atoms with Crippen LogP contribution < -0.4 is 16.4 Å². The van der Waals surface area contributed by atoms with Crippen molar-refractivity contribution in [3.05, 3.63) is 83.1 Å². The number of ether oxygens (including phenoxy) is 1. The van der Waals surface area contributed by atoms with Crippen LogP contribution in [0.1, 0.15) is 30.5 Å². The van der Waals surface area contributed by atoms with Gasteiger partial charge in [0.2, 0.25) is 5.91 Å². The molecule has 1 aliphatic rings. The highest BCUT2D eigenvalue weighted by atomic mass is 16.5. The van der Waals surface area contributed by atoms with E-state index in [-0.39, 0.29) is 19.6 Å². The lowest BCUT2D eigenvalue weighted by Gasteiger charge is -2.32. The zero-order valence-electron chi connectivity index (χ0n) is 18.0. The van der Waals surface area contributed by atoms with E-state index in [0.717, 1.165) is 11.1 Å². The van der Waals surface area contributed by atoms with E-state index in [1.807, 2.05) is 65.6 Å². The number of rotatable bonds is 10. The maximum atomic E-state index is 12.9. The quantitative estimate of drug-likeness (QED) is 0.494. The average molecular weight is 437 g/mol. The molecule has 2 aromatic rings. The molecular weight excluding hydrogens is 408 g/mol. The van der Waals surface area contributed by atoms with Crippen LogP contribution in [0, 0.1) is 0 Å². The molecule has 1 aliphatic heterocycles. The van der Waals surface area contributed by atoms with E-state index in [1.54, 1.807) is 6.92 Å². The van der Waals surface area contributed by atoms with Gasteiger partial charge in [-0.25, -0.2) is 9.59 Å². The molecule has 0 saturated heterocycles. The summed E-state index contributed by atoms with van der Waals surface area (Å²) in [5.41, 5.74) is 7.97. The molecule has 2 aromatic carbocycles. The first kappa shape index (κ1) is 23.0. The summed E-state index contributed by atoms with van der Waals surface area (Å²) in [6.07, 6.45) is 0.156. The van der Waals surface area contributed by atoms with Crippen molar-refractivity contribution in [2.45, 2.75) is 25.9 Å². The molecule has 0 fully saturated rings. The Kier molecular flexibility index (Phi) is 7.99. The van der Waals surface area contributed by atoms with Crippen molar-refractivity contribution >= 4 is 17.9 Å². The molecule has 0 bridgehead atoms. The first-order valence-corrected chi connectivity index (χ1v) is 10.5. The lowest BCUT2D eigenvalue weighted by atomic mass is 9.95. The molecule has 4 N–H and O–H groups in total. The molecule has 1 atom stereocenters. The number of nitrogens with zero attached hydrogens (tertiary/aromatic N) is 1. The van der Waals surface area contributed by atoms with E-state index in [4.69, 9.17) is 10.5 Å². The first-order valence-electron chi connectivity index (χ1n) is 10.5. The van der Waals surface area contributed by atoms with Crippen molar-refractivity contribution in [2.24, 2.45) is 5.73 Å². The van der Waals surface area contributed by atoms with Crippen molar-refractivity contribution in [1.29, 1.82) is 0 Å². The van der Waals surface area contributed by atoms with Gasteiger partial charge >= 0.3 is 12.0 Å². The number of nitrogens with one attached hydrogen (secondary N) is 2. The Bertz CT molecular complexity index is 976. The number of carbonyl (C=O) groups is 3. The Labute approximate surface area is 187 Å². The highest BCUT2D eigenvalue weighted by Crippen LogP contribution is 2.28. The van der Waals surface area contributed by atoms with E-state index in [2.05, 4.69) is 10.6 Å². The van der Waals surface area contributed by atoms with Crippen molar-refractivity contribution in [3.63, 3.8) is 0 Å². The van der Waals surface area contributed by atoms with Gasteiger partial charge in [0.25, 0.3) is 0 Å². The van der Waals surface area contributed by atoms with Crippen LogP contribution in [-0.4, -0.2) is 42.5 Å². The van der Waals surface area contributed by atoms with Gasteiger partial charge in [0.15, 0.2) is 0 Å². The standard InChI is InChI=1S/C24H28N4O4/c1-2-32-23(30)21-19(26-24(31)27-22(21)18-11-7-4-8-12-18)16-28(14-13-20(25)29)15-17-9-5-3-6-10-17/h3-12,22H,2,13-16H2,1H3,(H2,25,29)(H2,26,27,31). The maximum absolute atomic E-state index is 12.9. The molecule has 0 aromatic heterocycles. The van der Waals surface area contributed by atoms with Gasteiger partial charge in [-0.2, -0.15) is 0 Å². The number of nitrogens with two attached hydrogens (primary N) is 1. The number of carbonyl (C=O) groups excluding carboxylic acids is 3. The van der Waals surface area contributed by atoms with Crippen LogP contribution in [0.15, 0.2) is 71.9 Å². The topological polar surface area (TPSA) is 114 Å². The number of hydrogen-bond donors (Lipinski definition) is 3. The lowest BCUT2D eigenvalue weighted by molar-refractivity contribution is -0.139. The van der Waals surface area contributed by atoms with E-state index < -0.39 is 23.9 Å². The minimum Gasteiger partial charge on any atom is -0.463 e. The molecule has 32 heavy (non-hydrogen) atoms. The molecule has 1 unspecified atom stereocenters. The Morgan fingerprint density at radius 3 is 2.31 bits per heavy atom. The summed E-state index contributed by atoms with van der Waals surface area (Å²) in [5.74, 6) is -0.919. The van der Waals surface area contributed by atoms with Crippen LogP contribution in [-0.2, 0) is 20.9 Å². The van der Waals surface area contributed by atoms with E-state index >= 15 is 0 Å². The molecule has 8 nitrogen and oxygen atoms in total. The largest absolute Gasteiger partial charge is 0.463 e. The third-order valence-electron chi connectivity index (χ3n) is 5.09. The predicted molar refractivity (Wildman–Crippen MR) is 120 cm³/mol. The number of urea groups is 1. The zero-order valence-corrected chi connectivity index (χ0v) is 18.0. The molecule has 168 valence electrons. The first-order chi connectivity index (χ1) is 15.5. The highest BCUT2D eigenvalue weighted by molar-refractivity contribution is 5.95.